The highest BCUT2D eigenvalue weighted by Crippen LogP contribution is 2.36. The molecule has 4 heteroatoms. The van der Waals surface area contributed by atoms with Crippen molar-refractivity contribution in [3.8, 4) is 0 Å². The van der Waals surface area contributed by atoms with Crippen molar-refractivity contribution in [1.82, 2.24) is 0 Å². The number of hydrogen-bond acceptors (Lipinski definition) is 2. The Morgan fingerprint density at radius 3 is 2.68 bits per heavy atom. The molecule has 1 unspecified atom stereocenters. The molecule has 1 aliphatic rings. The molecule has 96 valence electrons. The molecule has 0 bridgehead atoms. The van der Waals surface area contributed by atoms with Crippen molar-refractivity contribution in [2.45, 2.75) is 12.5 Å². The molecule has 0 aliphatic carbocycles. The van der Waals surface area contributed by atoms with Crippen molar-refractivity contribution in [2.24, 2.45) is 0 Å². The molecule has 0 radical (unpaired) electrons. The molecule has 19 heavy (non-hydrogen) atoms. The van der Waals surface area contributed by atoms with Gasteiger partial charge in [-0.3, -0.25) is 0 Å². The van der Waals surface area contributed by atoms with Gasteiger partial charge >= 0.3 is 5.97 Å². The summed E-state index contributed by atoms with van der Waals surface area (Å²) in [6.45, 7) is 0. The van der Waals surface area contributed by atoms with Crippen molar-refractivity contribution < 1.29 is 9.53 Å². The fourth-order valence-corrected chi connectivity index (χ4v) is 3.15. The number of benzene rings is 2. The first kappa shape index (κ1) is 12.7. The lowest BCUT2D eigenvalue weighted by molar-refractivity contribution is 0.0253. The molecule has 1 heterocycles. The number of cyclic esters (lactones) is 1. The monoisotopic (exact) mass is 336 g/mol. The van der Waals surface area contributed by atoms with Gasteiger partial charge in [0.25, 0.3) is 0 Å². The summed E-state index contributed by atoms with van der Waals surface area (Å²) in [6.07, 6.45) is 0.344. The maximum Gasteiger partial charge on any atom is 0.339 e. The lowest BCUT2D eigenvalue weighted by atomic mass is 9.95. The first-order chi connectivity index (χ1) is 9.15. The highest BCUT2D eigenvalue weighted by molar-refractivity contribution is 9.10. The summed E-state index contributed by atoms with van der Waals surface area (Å²) < 4.78 is 6.27. The van der Waals surface area contributed by atoms with Gasteiger partial charge in [-0.25, -0.2) is 4.79 Å². The van der Waals surface area contributed by atoms with Crippen LogP contribution in [0.2, 0.25) is 5.02 Å². The summed E-state index contributed by atoms with van der Waals surface area (Å²) in [5.41, 5.74) is 2.39. The highest BCUT2D eigenvalue weighted by Gasteiger charge is 2.29. The number of rotatable bonds is 1. The lowest BCUT2D eigenvalue weighted by Gasteiger charge is -2.25. The van der Waals surface area contributed by atoms with Gasteiger partial charge in [0.05, 0.1) is 5.56 Å². The van der Waals surface area contributed by atoms with Crippen LogP contribution in [-0.2, 0) is 11.2 Å². The molecule has 0 aromatic heterocycles. The van der Waals surface area contributed by atoms with Crippen LogP contribution in [0.5, 0.6) is 0 Å². The van der Waals surface area contributed by atoms with Crippen molar-refractivity contribution in [3.05, 3.63) is 68.7 Å². The second-order valence-electron chi connectivity index (χ2n) is 4.42. The van der Waals surface area contributed by atoms with Crippen LogP contribution in [0, 0.1) is 0 Å². The van der Waals surface area contributed by atoms with E-state index in [1.54, 1.807) is 12.1 Å². The van der Waals surface area contributed by atoms with Crippen LogP contribution in [0.15, 0.2) is 46.9 Å². The van der Waals surface area contributed by atoms with Gasteiger partial charge in [0.1, 0.15) is 6.10 Å². The molecule has 0 spiro atoms. The number of fused-ring (bicyclic) bond motifs is 1. The Hall–Kier alpha value is -1.32. The predicted octanol–water partition coefficient (Wildman–Crippen LogP) is 4.56. The minimum atomic E-state index is -0.321. The van der Waals surface area contributed by atoms with Crippen LogP contribution in [0.4, 0.5) is 0 Å². The first-order valence-corrected chi connectivity index (χ1v) is 7.06. The third-order valence-electron chi connectivity index (χ3n) is 3.19. The maximum atomic E-state index is 12.1. The second kappa shape index (κ2) is 4.99. The quantitative estimate of drug-likeness (QED) is 0.713. The average Bonchev–Trinajstić information content (AvgIpc) is 2.41. The Bertz CT molecular complexity index is 640. The van der Waals surface area contributed by atoms with E-state index >= 15 is 0 Å². The zero-order valence-corrected chi connectivity index (χ0v) is 12.2. The van der Waals surface area contributed by atoms with E-state index in [0.29, 0.717) is 17.0 Å². The number of hydrogen-bond donors (Lipinski definition) is 0. The molecule has 3 rings (SSSR count). The fourth-order valence-electron chi connectivity index (χ4n) is 2.27. The van der Waals surface area contributed by atoms with E-state index in [1.165, 1.54) is 0 Å². The molecule has 2 nitrogen and oxygen atoms in total. The minimum absolute atomic E-state index is 0.264. The molecule has 2 aromatic carbocycles. The average molecular weight is 338 g/mol. The fraction of sp³-hybridized carbons (Fsp3) is 0.133. The van der Waals surface area contributed by atoms with Gasteiger partial charge in [0, 0.05) is 15.9 Å². The Labute approximate surface area is 124 Å². The standard InChI is InChI=1S/C15H10BrClO2/c16-10-6-12-11(13(17)7-10)8-14(19-15(12)18)9-4-2-1-3-5-9/h1-7,14H,8H2. The van der Waals surface area contributed by atoms with Crippen LogP contribution < -0.4 is 0 Å². The van der Waals surface area contributed by atoms with E-state index in [2.05, 4.69) is 15.9 Å². The van der Waals surface area contributed by atoms with Gasteiger partial charge in [0.2, 0.25) is 0 Å². The summed E-state index contributed by atoms with van der Waals surface area (Å²) in [5.74, 6) is -0.321. The molecule has 2 aromatic rings. The van der Waals surface area contributed by atoms with Gasteiger partial charge in [-0.2, -0.15) is 0 Å². The summed E-state index contributed by atoms with van der Waals surface area (Å²) in [7, 11) is 0. The maximum absolute atomic E-state index is 12.1. The van der Waals surface area contributed by atoms with Crippen molar-refractivity contribution in [1.29, 1.82) is 0 Å². The Balaban J connectivity index is 2.03. The Kier molecular flexibility index (Phi) is 3.33. The molecule has 1 atom stereocenters. The number of carbonyl (C=O) groups is 1. The van der Waals surface area contributed by atoms with Crippen molar-refractivity contribution >= 4 is 33.5 Å². The molecule has 0 saturated carbocycles. The van der Waals surface area contributed by atoms with E-state index in [4.69, 9.17) is 16.3 Å². The smallest absolute Gasteiger partial charge is 0.339 e. The van der Waals surface area contributed by atoms with Gasteiger partial charge in [-0.15, -0.1) is 0 Å². The van der Waals surface area contributed by atoms with Crippen LogP contribution in [0.25, 0.3) is 0 Å². The summed E-state index contributed by atoms with van der Waals surface area (Å²) in [4.78, 5) is 12.1. The number of carbonyl (C=O) groups excluding carboxylic acids is 1. The van der Waals surface area contributed by atoms with E-state index in [1.807, 2.05) is 30.3 Å². The molecule has 0 amide bonds. The van der Waals surface area contributed by atoms with Crippen LogP contribution in [0.1, 0.15) is 27.6 Å². The SMILES string of the molecule is O=C1OC(c2ccccc2)Cc2c(Cl)cc(Br)cc21. The van der Waals surface area contributed by atoms with Gasteiger partial charge < -0.3 is 4.74 Å². The molecule has 1 aliphatic heterocycles. The van der Waals surface area contributed by atoms with E-state index < -0.39 is 0 Å². The van der Waals surface area contributed by atoms with Gasteiger partial charge in [-0.1, -0.05) is 57.9 Å². The van der Waals surface area contributed by atoms with Gasteiger partial charge in [0.15, 0.2) is 0 Å². The summed E-state index contributed by atoms with van der Waals surface area (Å²) in [5, 5.41) is 0.599. The van der Waals surface area contributed by atoms with Crippen LogP contribution >= 0.6 is 27.5 Å². The largest absolute Gasteiger partial charge is 0.454 e. The molecule has 0 saturated heterocycles. The summed E-state index contributed by atoms with van der Waals surface area (Å²) in [6, 6.07) is 13.3. The summed E-state index contributed by atoms with van der Waals surface area (Å²) >= 11 is 9.56. The zero-order chi connectivity index (χ0) is 13.4. The molecule has 0 fully saturated rings. The van der Waals surface area contributed by atoms with Gasteiger partial charge in [-0.05, 0) is 23.3 Å². The highest BCUT2D eigenvalue weighted by atomic mass is 79.9. The number of ether oxygens (including phenoxy) is 1. The third kappa shape index (κ3) is 2.40. The first-order valence-electron chi connectivity index (χ1n) is 5.89. The van der Waals surface area contributed by atoms with Crippen molar-refractivity contribution in [3.63, 3.8) is 0 Å². The molecular weight excluding hydrogens is 328 g/mol. The van der Waals surface area contributed by atoms with Crippen LogP contribution in [-0.4, -0.2) is 5.97 Å². The number of halogens is 2. The number of esters is 1. The van der Waals surface area contributed by atoms with Crippen molar-refractivity contribution in [2.75, 3.05) is 0 Å². The topological polar surface area (TPSA) is 26.3 Å². The zero-order valence-electron chi connectivity index (χ0n) is 9.90. The third-order valence-corrected chi connectivity index (χ3v) is 3.99. The molecular formula is C15H10BrClO2. The molecule has 0 N–H and O–H groups in total. The minimum Gasteiger partial charge on any atom is -0.454 e. The Morgan fingerprint density at radius 2 is 1.95 bits per heavy atom. The van der Waals surface area contributed by atoms with Crippen LogP contribution in [0.3, 0.4) is 0 Å². The normalized spacial score (nSPS) is 17.8. The van der Waals surface area contributed by atoms with E-state index in [0.717, 1.165) is 15.6 Å². The predicted molar refractivity (Wildman–Crippen MR) is 77.5 cm³/mol. The lowest BCUT2D eigenvalue weighted by Crippen LogP contribution is -2.22. The Morgan fingerprint density at radius 1 is 1.21 bits per heavy atom. The van der Waals surface area contributed by atoms with E-state index in [9.17, 15) is 4.79 Å². The van der Waals surface area contributed by atoms with E-state index in [-0.39, 0.29) is 12.1 Å². The second-order valence-corrected chi connectivity index (χ2v) is 5.75.